The fourth-order valence-corrected chi connectivity index (χ4v) is 2.61. The van der Waals surface area contributed by atoms with Gasteiger partial charge in [0, 0.05) is 37.2 Å². The fourth-order valence-electron chi connectivity index (χ4n) is 2.61. The Labute approximate surface area is 135 Å². The van der Waals surface area contributed by atoms with Crippen LogP contribution < -0.4 is 19.4 Å². The quantitative estimate of drug-likeness (QED) is 0.883. The van der Waals surface area contributed by atoms with E-state index in [2.05, 4.69) is 18.3 Å². The van der Waals surface area contributed by atoms with Crippen LogP contribution in [-0.2, 0) is 11.2 Å². The number of aromatic nitrogens is 1. The molecule has 0 bridgehead atoms. The molecule has 0 saturated carbocycles. The third kappa shape index (κ3) is 3.13. The molecule has 0 aliphatic carbocycles. The molecule has 1 N–H and O–H groups in total. The van der Waals surface area contributed by atoms with Crippen LogP contribution >= 0.6 is 0 Å². The Hall–Kier alpha value is -2.56. The number of pyridine rings is 1. The zero-order valence-corrected chi connectivity index (χ0v) is 13.6. The van der Waals surface area contributed by atoms with Gasteiger partial charge >= 0.3 is 0 Å². The molecule has 23 heavy (non-hydrogen) atoms. The van der Waals surface area contributed by atoms with Gasteiger partial charge in [-0.2, -0.15) is 4.57 Å². The predicted octanol–water partition coefficient (Wildman–Crippen LogP) is 2.77. The molecule has 2 aromatic rings. The van der Waals surface area contributed by atoms with Crippen LogP contribution in [0.25, 0.3) is 0 Å². The molecule has 120 valence electrons. The van der Waals surface area contributed by atoms with Gasteiger partial charge in [-0.05, 0) is 24.6 Å². The van der Waals surface area contributed by atoms with Crippen molar-refractivity contribution in [2.45, 2.75) is 33.2 Å². The smallest absolute Gasteiger partial charge is 0.293 e. The number of nitrogens with one attached hydrogen (secondary N) is 1. The molecule has 5 heteroatoms. The van der Waals surface area contributed by atoms with E-state index in [0.717, 1.165) is 12.1 Å². The minimum Gasteiger partial charge on any atom is -0.454 e. The number of fused-ring (bicyclic) bond motifs is 1. The van der Waals surface area contributed by atoms with E-state index in [-0.39, 0.29) is 18.7 Å². The minimum absolute atomic E-state index is 0.0646. The number of aryl methyl sites for hydroxylation is 2. The summed E-state index contributed by atoms with van der Waals surface area (Å²) >= 11 is 0. The SMILES string of the molecule is CCc1ccc(C)[n+]([C@H](C)C(=O)Nc2ccc3c(c2)OCO3)c1. The summed E-state index contributed by atoms with van der Waals surface area (Å²) in [6.07, 6.45) is 2.98. The molecule has 2 heterocycles. The van der Waals surface area contributed by atoms with Crippen molar-refractivity contribution < 1.29 is 18.8 Å². The lowest BCUT2D eigenvalue weighted by Gasteiger charge is -2.11. The molecule has 5 nitrogen and oxygen atoms in total. The number of hydrogen-bond acceptors (Lipinski definition) is 3. The summed E-state index contributed by atoms with van der Waals surface area (Å²) in [6, 6.07) is 9.24. The van der Waals surface area contributed by atoms with Crippen molar-refractivity contribution in [3.8, 4) is 11.5 Å². The highest BCUT2D eigenvalue weighted by Gasteiger charge is 2.25. The fraction of sp³-hybridized carbons (Fsp3) is 0.333. The standard InChI is InChI=1S/C18H20N2O3/c1-4-14-6-5-12(2)20(10-14)13(3)18(21)19-15-7-8-16-17(9-15)23-11-22-16/h5-10,13H,4,11H2,1-3H3/p+1/t13-/m1/s1. The molecule has 1 aliphatic heterocycles. The molecule has 0 saturated heterocycles. The number of carbonyl (C=O) groups is 1. The average molecular weight is 313 g/mol. The summed E-state index contributed by atoms with van der Waals surface area (Å²) < 4.78 is 12.6. The van der Waals surface area contributed by atoms with Crippen LogP contribution in [0.4, 0.5) is 5.69 Å². The number of nitrogens with zero attached hydrogens (tertiary/aromatic N) is 1. The Kier molecular flexibility index (Phi) is 4.19. The average Bonchev–Trinajstić information content (AvgIpc) is 3.02. The molecular formula is C18H21N2O3+. The number of benzene rings is 1. The maximum absolute atomic E-state index is 12.6. The number of ether oxygens (including phenoxy) is 2. The van der Waals surface area contributed by atoms with Crippen molar-refractivity contribution in [1.82, 2.24) is 0 Å². The van der Waals surface area contributed by atoms with Gasteiger partial charge in [-0.3, -0.25) is 4.79 Å². The van der Waals surface area contributed by atoms with Crippen LogP contribution in [0, 0.1) is 6.92 Å². The highest BCUT2D eigenvalue weighted by atomic mass is 16.7. The van der Waals surface area contributed by atoms with Crippen molar-refractivity contribution in [2.75, 3.05) is 12.1 Å². The van der Waals surface area contributed by atoms with E-state index in [1.54, 1.807) is 12.1 Å². The van der Waals surface area contributed by atoms with E-state index < -0.39 is 0 Å². The monoisotopic (exact) mass is 313 g/mol. The molecular weight excluding hydrogens is 292 g/mol. The molecule has 1 aromatic carbocycles. The van der Waals surface area contributed by atoms with E-state index in [4.69, 9.17) is 9.47 Å². The lowest BCUT2D eigenvalue weighted by atomic mass is 10.1. The topological polar surface area (TPSA) is 51.4 Å². The third-order valence-corrected chi connectivity index (χ3v) is 4.10. The number of rotatable bonds is 4. The first-order chi connectivity index (χ1) is 11.1. The van der Waals surface area contributed by atoms with E-state index in [1.807, 2.05) is 36.7 Å². The Morgan fingerprint density at radius 2 is 2.04 bits per heavy atom. The highest BCUT2D eigenvalue weighted by Crippen LogP contribution is 2.34. The first kappa shape index (κ1) is 15.3. The van der Waals surface area contributed by atoms with E-state index in [9.17, 15) is 4.79 Å². The first-order valence-corrected chi connectivity index (χ1v) is 7.79. The zero-order chi connectivity index (χ0) is 16.4. The van der Waals surface area contributed by atoms with Crippen LogP contribution in [0.15, 0.2) is 36.5 Å². The molecule has 1 atom stereocenters. The molecule has 1 amide bonds. The van der Waals surface area contributed by atoms with Crippen molar-refractivity contribution in [1.29, 1.82) is 0 Å². The maximum atomic E-state index is 12.6. The second kappa shape index (κ2) is 6.28. The van der Waals surface area contributed by atoms with Crippen LogP contribution in [-0.4, -0.2) is 12.7 Å². The summed E-state index contributed by atoms with van der Waals surface area (Å²) in [6.45, 7) is 6.23. The normalized spacial score (nSPS) is 13.7. The van der Waals surface area contributed by atoms with E-state index in [1.165, 1.54) is 5.56 Å². The Balaban J connectivity index is 1.77. The second-order valence-corrected chi connectivity index (χ2v) is 5.67. The van der Waals surface area contributed by atoms with Crippen molar-refractivity contribution in [3.05, 3.63) is 47.8 Å². The molecule has 1 aliphatic rings. The lowest BCUT2D eigenvalue weighted by Crippen LogP contribution is -2.47. The number of anilines is 1. The molecule has 3 rings (SSSR count). The highest BCUT2D eigenvalue weighted by molar-refractivity contribution is 5.92. The second-order valence-electron chi connectivity index (χ2n) is 5.67. The summed E-state index contributed by atoms with van der Waals surface area (Å²) in [5.41, 5.74) is 2.96. The minimum atomic E-state index is -0.299. The Bertz CT molecular complexity index is 743. The van der Waals surface area contributed by atoms with Crippen LogP contribution in [0.2, 0.25) is 0 Å². The van der Waals surface area contributed by atoms with Gasteiger partial charge in [0.15, 0.2) is 23.4 Å². The summed E-state index contributed by atoms with van der Waals surface area (Å²) in [7, 11) is 0. The zero-order valence-electron chi connectivity index (χ0n) is 13.6. The Morgan fingerprint density at radius 3 is 2.83 bits per heavy atom. The third-order valence-electron chi connectivity index (χ3n) is 4.10. The van der Waals surface area contributed by atoms with Crippen LogP contribution in [0.1, 0.15) is 31.1 Å². The first-order valence-electron chi connectivity index (χ1n) is 7.79. The molecule has 0 spiro atoms. The number of amides is 1. The van der Waals surface area contributed by atoms with Crippen molar-refractivity contribution >= 4 is 11.6 Å². The largest absolute Gasteiger partial charge is 0.454 e. The van der Waals surface area contributed by atoms with Gasteiger partial charge in [0.25, 0.3) is 5.91 Å². The van der Waals surface area contributed by atoms with Gasteiger partial charge in [0.05, 0.1) is 0 Å². The molecule has 0 unspecified atom stereocenters. The summed E-state index contributed by atoms with van der Waals surface area (Å²) in [5.74, 6) is 1.30. The van der Waals surface area contributed by atoms with Gasteiger partial charge in [-0.1, -0.05) is 6.92 Å². The van der Waals surface area contributed by atoms with Gasteiger partial charge in [0.2, 0.25) is 12.8 Å². The van der Waals surface area contributed by atoms with Gasteiger partial charge in [0.1, 0.15) is 0 Å². The summed E-state index contributed by atoms with van der Waals surface area (Å²) in [5, 5.41) is 2.94. The van der Waals surface area contributed by atoms with Gasteiger partial charge < -0.3 is 14.8 Å². The number of hydrogen-bond donors (Lipinski definition) is 1. The predicted molar refractivity (Wildman–Crippen MR) is 86.7 cm³/mol. The lowest BCUT2D eigenvalue weighted by molar-refractivity contribution is -0.711. The van der Waals surface area contributed by atoms with Gasteiger partial charge in [-0.15, -0.1) is 0 Å². The van der Waals surface area contributed by atoms with E-state index in [0.29, 0.717) is 17.2 Å². The Morgan fingerprint density at radius 1 is 1.26 bits per heavy atom. The molecule has 1 aromatic heterocycles. The summed E-state index contributed by atoms with van der Waals surface area (Å²) in [4.78, 5) is 12.6. The maximum Gasteiger partial charge on any atom is 0.293 e. The van der Waals surface area contributed by atoms with Crippen molar-refractivity contribution in [3.63, 3.8) is 0 Å². The van der Waals surface area contributed by atoms with Crippen LogP contribution in [0.3, 0.4) is 0 Å². The molecule has 0 fully saturated rings. The van der Waals surface area contributed by atoms with Crippen LogP contribution in [0.5, 0.6) is 11.5 Å². The van der Waals surface area contributed by atoms with Gasteiger partial charge in [-0.25, -0.2) is 0 Å². The number of carbonyl (C=O) groups excluding carboxylic acids is 1. The van der Waals surface area contributed by atoms with E-state index >= 15 is 0 Å². The molecule has 0 radical (unpaired) electrons. The van der Waals surface area contributed by atoms with Crippen molar-refractivity contribution in [2.24, 2.45) is 0 Å².